The number of ether oxygens (including phenoxy) is 3. The van der Waals surface area contributed by atoms with Crippen LogP contribution in [0.2, 0.25) is 0 Å². The Morgan fingerprint density at radius 1 is 1.16 bits per heavy atom. The van der Waals surface area contributed by atoms with E-state index in [1.807, 2.05) is 18.2 Å². The predicted octanol–water partition coefficient (Wildman–Crippen LogP) is 2.46. The minimum atomic E-state index is -0.305. The standard InChI is InChI=1S/C26H33N7O5/c1-32(35-2)24(34)17-37-20-15-28-26(29-16-20)30-18-5-7-19(8-6-18)38-25-21-4-3-9-27-22(21)14-23(31-25)33-10-12-36-13-11-33/h3-4,9,14-16,18-19H,5-8,10-13,17H2,1-2H3,(H,28,29,30). The molecule has 0 spiro atoms. The van der Waals surface area contributed by atoms with Crippen molar-refractivity contribution in [3.05, 3.63) is 36.8 Å². The van der Waals surface area contributed by atoms with Crippen molar-refractivity contribution in [2.24, 2.45) is 0 Å². The Labute approximate surface area is 221 Å². The minimum Gasteiger partial charge on any atom is -0.480 e. The van der Waals surface area contributed by atoms with Gasteiger partial charge in [-0.05, 0) is 37.8 Å². The van der Waals surface area contributed by atoms with Crippen LogP contribution in [0.15, 0.2) is 36.8 Å². The molecule has 1 aliphatic carbocycles. The summed E-state index contributed by atoms with van der Waals surface area (Å²) in [7, 11) is 2.94. The highest BCUT2D eigenvalue weighted by Gasteiger charge is 2.25. The fourth-order valence-corrected chi connectivity index (χ4v) is 4.55. The van der Waals surface area contributed by atoms with Crippen LogP contribution in [0.4, 0.5) is 11.8 Å². The number of aromatic nitrogens is 4. The molecule has 4 heterocycles. The van der Waals surface area contributed by atoms with Crippen molar-refractivity contribution in [2.75, 3.05) is 57.3 Å². The van der Waals surface area contributed by atoms with Crippen LogP contribution in [0.5, 0.6) is 11.6 Å². The van der Waals surface area contributed by atoms with Crippen molar-refractivity contribution in [1.29, 1.82) is 0 Å². The van der Waals surface area contributed by atoms with Gasteiger partial charge in [-0.25, -0.2) is 15.0 Å². The maximum Gasteiger partial charge on any atom is 0.283 e. The minimum absolute atomic E-state index is 0.0726. The number of pyridine rings is 2. The van der Waals surface area contributed by atoms with E-state index in [1.54, 1.807) is 18.6 Å². The van der Waals surface area contributed by atoms with Crippen LogP contribution in [-0.2, 0) is 14.4 Å². The van der Waals surface area contributed by atoms with E-state index < -0.39 is 0 Å². The smallest absolute Gasteiger partial charge is 0.283 e. The summed E-state index contributed by atoms with van der Waals surface area (Å²) in [6.07, 6.45) is 8.59. The monoisotopic (exact) mass is 523 g/mol. The number of anilines is 2. The maximum atomic E-state index is 11.8. The zero-order valence-corrected chi connectivity index (χ0v) is 21.7. The van der Waals surface area contributed by atoms with Gasteiger partial charge in [-0.1, -0.05) is 0 Å². The molecule has 1 saturated carbocycles. The van der Waals surface area contributed by atoms with Crippen LogP contribution in [0.3, 0.4) is 0 Å². The van der Waals surface area contributed by atoms with Gasteiger partial charge in [0.25, 0.3) is 5.91 Å². The predicted molar refractivity (Wildman–Crippen MR) is 140 cm³/mol. The van der Waals surface area contributed by atoms with Crippen LogP contribution in [0.25, 0.3) is 10.9 Å². The maximum absolute atomic E-state index is 11.8. The summed E-state index contributed by atoms with van der Waals surface area (Å²) in [5.41, 5.74) is 0.883. The Hall–Kier alpha value is -3.77. The number of nitrogens with one attached hydrogen (secondary N) is 1. The average Bonchev–Trinajstić information content (AvgIpc) is 2.97. The fourth-order valence-electron chi connectivity index (χ4n) is 4.55. The second-order valence-corrected chi connectivity index (χ2v) is 9.30. The van der Waals surface area contributed by atoms with Crippen molar-refractivity contribution in [3.8, 4) is 11.6 Å². The second kappa shape index (κ2) is 12.2. The van der Waals surface area contributed by atoms with Gasteiger partial charge in [-0.3, -0.25) is 14.6 Å². The highest BCUT2D eigenvalue weighted by Crippen LogP contribution is 2.31. The van der Waals surface area contributed by atoms with Crippen LogP contribution in [0, 0.1) is 0 Å². The highest BCUT2D eigenvalue weighted by molar-refractivity contribution is 5.85. The van der Waals surface area contributed by atoms with Crippen molar-refractivity contribution in [1.82, 2.24) is 25.0 Å². The number of hydroxylamine groups is 2. The van der Waals surface area contributed by atoms with E-state index in [9.17, 15) is 4.79 Å². The number of amides is 1. The summed E-state index contributed by atoms with van der Waals surface area (Å²) < 4.78 is 17.4. The first-order valence-corrected chi connectivity index (χ1v) is 12.9. The lowest BCUT2D eigenvalue weighted by atomic mass is 9.93. The van der Waals surface area contributed by atoms with Gasteiger partial charge in [0, 0.05) is 38.4 Å². The zero-order chi connectivity index (χ0) is 26.3. The van der Waals surface area contributed by atoms with Crippen LogP contribution in [0.1, 0.15) is 25.7 Å². The quantitative estimate of drug-likeness (QED) is 0.416. The van der Waals surface area contributed by atoms with Gasteiger partial charge in [-0.15, -0.1) is 0 Å². The Balaban J connectivity index is 1.15. The summed E-state index contributed by atoms with van der Waals surface area (Å²) >= 11 is 0. The number of fused-ring (bicyclic) bond motifs is 1. The molecule has 3 aromatic rings. The summed E-state index contributed by atoms with van der Waals surface area (Å²) in [5.74, 6) is 2.16. The number of hydrogen-bond donors (Lipinski definition) is 1. The molecule has 0 atom stereocenters. The van der Waals surface area contributed by atoms with Crippen molar-refractivity contribution in [2.45, 2.75) is 37.8 Å². The lowest BCUT2D eigenvalue weighted by Gasteiger charge is -2.31. The molecule has 202 valence electrons. The van der Waals surface area contributed by atoms with E-state index in [4.69, 9.17) is 24.0 Å². The van der Waals surface area contributed by atoms with Gasteiger partial charge in [0.2, 0.25) is 11.8 Å². The summed E-state index contributed by atoms with van der Waals surface area (Å²) in [5, 5.41) is 5.42. The number of carbonyl (C=O) groups is 1. The molecule has 1 N–H and O–H groups in total. The van der Waals surface area contributed by atoms with Crippen molar-refractivity contribution >= 4 is 28.6 Å². The van der Waals surface area contributed by atoms with Crippen LogP contribution in [-0.4, -0.2) is 90.1 Å². The highest BCUT2D eigenvalue weighted by atomic mass is 16.7. The number of nitrogens with zero attached hydrogens (tertiary/aromatic N) is 6. The molecule has 38 heavy (non-hydrogen) atoms. The largest absolute Gasteiger partial charge is 0.480 e. The molecule has 3 aromatic heterocycles. The van der Waals surface area contributed by atoms with Gasteiger partial charge >= 0.3 is 0 Å². The van der Waals surface area contributed by atoms with Crippen molar-refractivity contribution < 1.29 is 23.8 Å². The number of hydrogen-bond acceptors (Lipinski definition) is 11. The molecular weight excluding hydrogens is 490 g/mol. The third-order valence-electron chi connectivity index (χ3n) is 6.79. The molecule has 12 nitrogen and oxygen atoms in total. The summed E-state index contributed by atoms with van der Waals surface area (Å²) in [6, 6.07) is 6.20. The van der Waals surface area contributed by atoms with E-state index in [0.29, 0.717) is 30.8 Å². The van der Waals surface area contributed by atoms with Crippen molar-refractivity contribution in [3.63, 3.8) is 0 Å². The molecule has 1 aliphatic heterocycles. The molecule has 2 fully saturated rings. The van der Waals surface area contributed by atoms with Gasteiger partial charge in [0.15, 0.2) is 12.4 Å². The lowest BCUT2D eigenvalue weighted by Crippen LogP contribution is -2.37. The molecule has 12 heteroatoms. The topological polar surface area (TPSA) is 124 Å². The van der Waals surface area contributed by atoms with Gasteiger partial charge in [-0.2, -0.15) is 4.98 Å². The van der Waals surface area contributed by atoms with Gasteiger partial charge < -0.3 is 24.4 Å². The molecule has 5 rings (SSSR count). The Kier molecular flexibility index (Phi) is 8.29. The molecule has 0 bridgehead atoms. The molecule has 0 aromatic carbocycles. The van der Waals surface area contributed by atoms with Gasteiger partial charge in [0.1, 0.15) is 11.9 Å². The summed E-state index contributed by atoms with van der Waals surface area (Å²) in [4.78, 5) is 36.9. The Morgan fingerprint density at radius 2 is 1.92 bits per heavy atom. The van der Waals surface area contributed by atoms with E-state index >= 15 is 0 Å². The first-order valence-electron chi connectivity index (χ1n) is 12.9. The summed E-state index contributed by atoms with van der Waals surface area (Å²) in [6.45, 7) is 2.85. The molecule has 1 saturated heterocycles. The second-order valence-electron chi connectivity index (χ2n) is 9.30. The SMILES string of the molecule is CON(C)C(=O)COc1cnc(NC2CCC(Oc3nc(N4CCOCC4)cc4ncccc34)CC2)nc1. The van der Waals surface area contributed by atoms with Crippen LogP contribution < -0.4 is 19.7 Å². The van der Waals surface area contributed by atoms with E-state index in [0.717, 1.165) is 60.6 Å². The number of rotatable bonds is 9. The van der Waals surface area contributed by atoms with Crippen LogP contribution >= 0.6 is 0 Å². The molecule has 0 unspecified atom stereocenters. The zero-order valence-electron chi connectivity index (χ0n) is 21.7. The Bertz CT molecular complexity index is 1210. The van der Waals surface area contributed by atoms with E-state index in [2.05, 4.69) is 25.2 Å². The lowest BCUT2D eigenvalue weighted by molar-refractivity contribution is -0.170. The number of likely N-dealkylation sites (N-methyl/N-ethyl adjacent to an activating group) is 1. The van der Waals surface area contributed by atoms with Gasteiger partial charge in [0.05, 0.1) is 43.6 Å². The molecule has 2 aliphatic rings. The average molecular weight is 524 g/mol. The fraction of sp³-hybridized carbons (Fsp3) is 0.500. The first-order chi connectivity index (χ1) is 18.6. The third-order valence-corrected chi connectivity index (χ3v) is 6.79. The number of carbonyl (C=O) groups excluding carboxylic acids is 1. The Morgan fingerprint density at radius 3 is 2.66 bits per heavy atom. The normalized spacial score (nSPS) is 19.7. The molecule has 0 radical (unpaired) electrons. The molecule has 1 amide bonds. The number of morpholine rings is 1. The molecular formula is C26H33N7O5. The van der Waals surface area contributed by atoms with E-state index in [-0.39, 0.29) is 24.7 Å². The first kappa shape index (κ1) is 25.9. The third kappa shape index (κ3) is 6.37. The van der Waals surface area contributed by atoms with E-state index in [1.165, 1.54) is 14.2 Å².